The molecule has 32 nitrogen and oxygen atoms in total. The number of fused-ring (bicyclic) bond motifs is 4. The average Bonchev–Trinajstić information content (AvgIpc) is 1.02. The molecule has 4 aromatic carbocycles. The number of hydrogen-bond acceptors (Lipinski definition) is 28. The Hall–Kier alpha value is -9.05. The van der Waals surface area contributed by atoms with Gasteiger partial charge in [-0.2, -0.15) is 0 Å². The lowest BCUT2D eigenvalue weighted by Gasteiger charge is -2.48. The molecule has 1 saturated carbocycles. The van der Waals surface area contributed by atoms with Crippen LogP contribution in [0, 0.1) is 0 Å². The summed E-state index contributed by atoms with van der Waals surface area (Å²) in [6.45, 7) is 3.99. The van der Waals surface area contributed by atoms with Gasteiger partial charge in [-0.3, -0.25) is 28.8 Å². The smallest absolute Gasteiger partial charge is 0.484 e. The van der Waals surface area contributed by atoms with Crippen molar-refractivity contribution < 1.29 is 127 Å². The Balaban J connectivity index is 1.01. The van der Waals surface area contributed by atoms with Gasteiger partial charge in [0.05, 0.1) is 56.8 Å². The molecule has 0 bridgehead atoms. The summed E-state index contributed by atoms with van der Waals surface area (Å²) in [4.78, 5) is 93.1. The topological polar surface area (TPSA) is 426 Å². The molecule has 1 saturated heterocycles. The molecule has 484 valence electrons. The van der Waals surface area contributed by atoms with Crippen molar-refractivity contribution in [3.8, 4) is 34.5 Å². The Kier molecular flexibility index (Phi) is 23.0. The van der Waals surface area contributed by atoms with E-state index in [2.05, 4.69) is 20.7 Å². The first-order valence-electron chi connectivity index (χ1n) is 27.7. The Labute approximate surface area is 512 Å². The summed E-state index contributed by atoms with van der Waals surface area (Å²) in [5.41, 5.74) is 8.59. The van der Waals surface area contributed by atoms with Gasteiger partial charge in [0.1, 0.15) is 49.5 Å². The van der Waals surface area contributed by atoms with Crippen molar-refractivity contribution in [3.05, 3.63) is 117 Å². The number of nitrogens with one attached hydrogen (secondary N) is 2. The summed E-state index contributed by atoms with van der Waals surface area (Å²) in [6, 6.07) is 16.4. The highest BCUT2D eigenvalue weighted by atomic mass is 32.3. The number of esters is 5. The van der Waals surface area contributed by atoms with Gasteiger partial charge in [-0.25, -0.2) is 4.79 Å². The van der Waals surface area contributed by atoms with Crippen molar-refractivity contribution >= 4 is 52.1 Å². The van der Waals surface area contributed by atoms with E-state index < -0.39 is 137 Å². The molecule has 90 heavy (non-hydrogen) atoms. The predicted molar refractivity (Wildman–Crippen MR) is 299 cm³/mol. The minimum atomic E-state index is -5.25. The van der Waals surface area contributed by atoms with E-state index in [1.807, 2.05) is 0 Å². The molecular weight excluding hydrogens is 1220 g/mol. The van der Waals surface area contributed by atoms with Gasteiger partial charge in [0.15, 0.2) is 35.2 Å². The predicted octanol–water partition coefficient (Wildman–Crippen LogP) is 1.77. The Morgan fingerprint density at radius 1 is 0.711 bits per heavy atom. The zero-order chi connectivity index (χ0) is 64.6. The largest absolute Gasteiger partial charge is 0.501 e. The van der Waals surface area contributed by atoms with Crippen LogP contribution in [0.15, 0.2) is 84.0 Å². The number of carbonyl (C=O) groups is 7. The van der Waals surface area contributed by atoms with Crippen molar-refractivity contribution in [3.63, 3.8) is 0 Å². The molecule has 0 unspecified atom stereocenters. The van der Waals surface area contributed by atoms with E-state index in [1.165, 1.54) is 48.5 Å². The summed E-state index contributed by atoms with van der Waals surface area (Å²) >= 11 is 0. The van der Waals surface area contributed by atoms with E-state index in [1.54, 1.807) is 18.2 Å². The van der Waals surface area contributed by atoms with Crippen LogP contribution in [0.3, 0.4) is 0 Å². The van der Waals surface area contributed by atoms with Gasteiger partial charge in [0.2, 0.25) is 24.9 Å². The van der Waals surface area contributed by atoms with E-state index >= 15 is 0 Å². The Morgan fingerprint density at radius 3 is 2.06 bits per heavy atom. The maximum atomic E-state index is 14.0. The van der Waals surface area contributed by atoms with E-state index in [-0.39, 0.29) is 111 Å². The van der Waals surface area contributed by atoms with Gasteiger partial charge in [0.25, 0.3) is 11.8 Å². The summed E-state index contributed by atoms with van der Waals surface area (Å²) in [6.07, 6.45) is -15.4. The summed E-state index contributed by atoms with van der Waals surface area (Å²) < 4.78 is 112. The van der Waals surface area contributed by atoms with Crippen molar-refractivity contribution in [2.45, 2.75) is 101 Å². The molecule has 5 N–H and O–H groups in total. The molecule has 0 radical (unpaired) electrons. The maximum Gasteiger partial charge on any atom is 0.501 e. The quantitative estimate of drug-likeness (QED) is 0.0129. The SMILES string of the molecule is CC(=O)OC[C@H]1O[C@@H](Oc2ccc(C(=O)NCCOCCOCCOCCN=[N+]=[N-])cc2OS(=O)(=O)Oc2ccc(COc3c4c(cc5c3C(=O)N[C@H]3[C@H](O)[C@H](O)[C@@H](O)[C@H](OC(=O)c6ccccc6)[C@H]53)OCO4)cc2)[C@H](OC(C)=O)[C@@H](OC(C)=O)[C@H]1OC(C)=O. The van der Waals surface area contributed by atoms with Crippen LogP contribution in [0.5, 0.6) is 34.5 Å². The van der Waals surface area contributed by atoms with E-state index in [0.717, 1.165) is 39.8 Å². The van der Waals surface area contributed by atoms with E-state index in [0.29, 0.717) is 5.56 Å². The first kappa shape index (κ1) is 66.9. The van der Waals surface area contributed by atoms with Crippen LogP contribution in [0.2, 0.25) is 0 Å². The third-order valence-electron chi connectivity index (χ3n) is 13.7. The van der Waals surface area contributed by atoms with Gasteiger partial charge < -0.3 is 95.9 Å². The van der Waals surface area contributed by atoms with Crippen molar-refractivity contribution in [2.24, 2.45) is 5.11 Å². The lowest BCUT2D eigenvalue weighted by molar-refractivity contribution is -0.288. The summed E-state index contributed by atoms with van der Waals surface area (Å²) in [5, 5.41) is 42.0. The molecule has 3 heterocycles. The molecule has 11 atom stereocenters. The van der Waals surface area contributed by atoms with E-state index in [9.17, 15) is 57.3 Å². The van der Waals surface area contributed by atoms with Crippen LogP contribution in [0.25, 0.3) is 10.4 Å². The zero-order valence-corrected chi connectivity index (χ0v) is 49.3. The fraction of sp³-hybridized carbons (Fsp3) is 0.456. The summed E-state index contributed by atoms with van der Waals surface area (Å²) in [7, 11) is -5.25. The van der Waals surface area contributed by atoms with Gasteiger partial charge in [-0.1, -0.05) is 35.4 Å². The molecule has 1 aliphatic carbocycles. The maximum absolute atomic E-state index is 14.0. The normalized spacial score (nSPS) is 23.0. The number of azide groups is 1. The fourth-order valence-electron chi connectivity index (χ4n) is 9.87. The lowest BCUT2D eigenvalue weighted by Crippen LogP contribution is -2.67. The van der Waals surface area contributed by atoms with Crippen LogP contribution in [-0.4, -0.2) is 193 Å². The first-order valence-corrected chi connectivity index (χ1v) is 29.0. The molecule has 3 aliphatic heterocycles. The molecule has 0 aromatic heterocycles. The lowest BCUT2D eigenvalue weighted by atomic mass is 9.70. The van der Waals surface area contributed by atoms with Gasteiger partial charge in [0, 0.05) is 57.2 Å². The highest BCUT2D eigenvalue weighted by Gasteiger charge is 2.57. The second-order valence-corrected chi connectivity index (χ2v) is 21.2. The molecule has 4 aliphatic rings. The molecular formula is C57H63N5O27S. The second kappa shape index (κ2) is 30.9. The fourth-order valence-corrected chi connectivity index (χ4v) is 10.6. The third kappa shape index (κ3) is 17.2. The van der Waals surface area contributed by atoms with Crippen molar-refractivity contribution in [1.82, 2.24) is 10.6 Å². The average molecular weight is 1280 g/mol. The van der Waals surface area contributed by atoms with Crippen LogP contribution < -0.4 is 37.9 Å². The first-order chi connectivity index (χ1) is 43.1. The molecule has 2 fully saturated rings. The third-order valence-corrected chi connectivity index (χ3v) is 14.5. The molecule has 8 rings (SSSR count). The van der Waals surface area contributed by atoms with Crippen molar-refractivity contribution in [2.75, 3.05) is 66.1 Å². The zero-order valence-electron chi connectivity index (χ0n) is 48.5. The van der Waals surface area contributed by atoms with Crippen LogP contribution in [-0.2, 0) is 78.8 Å². The minimum Gasteiger partial charge on any atom is -0.484 e. The highest BCUT2D eigenvalue weighted by molar-refractivity contribution is 7.82. The minimum absolute atomic E-state index is 0.00581. The number of hydrogen-bond donors (Lipinski definition) is 5. The number of rotatable bonds is 29. The van der Waals surface area contributed by atoms with Crippen LogP contribution in [0.1, 0.15) is 75.8 Å². The summed E-state index contributed by atoms with van der Waals surface area (Å²) in [5.74, 6) is -8.88. The highest BCUT2D eigenvalue weighted by Crippen LogP contribution is 2.51. The monoisotopic (exact) mass is 1280 g/mol. The van der Waals surface area contributed by atoms with E-state index in [4.69, 9.17) is 75.5 Å². The molecule has 2 amide bonds. The Morgan fingerprint density at radius 2 is 1.38 bits per heavy atom. The Bertz CT molecular complexity index is 3410. The number of benzene rings is 4. The number of aliphatic hydroxyl groups is 3. The van der Waals surface area contributed by atoms with Gasteiger partial charge in [-0.15, -0.1) is 8.42 Å². The number of carbonyl (C=O) groups excluding carboxylic acids is 7. The van der Waals surface area contributed by atoms with Crippen molar-refractivity contribution in [1.29, 1.82) is 0 Å². The number of amides is 2. The number of aliphatic hydroxyl groups excluding tert-OH is 3. The van der Waals surface area contributed by atoms with Gasteiger partial charge in [-0.05, 0) is 65.2 Å². The van der Waals surface area contributed by atoms with Gasteiger partial charge >= 0.3 is 40.2 Å². The number of ether oxygens (including phenoxy) is 13. The molecule has 4 aromatic rings. The van der Waals surface area contributed by atoms with Crippen LogP contribution >= 0.6 is 0 Å². The molecule has 0 spiro atoms. The molecule has 33 heteroatoms. The second-order valence-electron chi connectivity index (χ2n) is 20.0. The standard InChI is InChI=1S/C57H63N5O27S/c1-29(63)78-27-41-49(82-30(2)64)52(83-31(3)65)53(84-32(4)66)57(86-41)85-38-15-12-35(54(70)59-16-18-75-20-22-77-23-21-76-19-17-60-62-58)24-39(38)89-90(73,74)88-36-13-10-33(11-14-36)26-79-51-43-37(25-40-48(51)81-28-80-40)42-44(61-55(43)71)45(67)46(68)47(69)50(42)87-56(72)34-8-6-5-7-9-34/h5-15,24-25,41-42,44-47,49-50,52-53,57,67-69H,16-23,26-28H2,1-4H3,(H,59,70)(H,61,71)/t41-,42-,44-,45+,46+,47-,49+,50-,52+,53-,57-/m1/s1. The number of nitrogens with zero attached hydrogens (tertiary/aromatic N) is 3. The van der Waals surface area contributed by atoms with Crippen LogP contribution in [0.4, 0.5) is 0 Å².